The van der Waals surface area contributed by atoms with Gasteiger partial charge in [-0.2, -0.15) is 0 Å². The minimum Gasteiger partial charge on any atom is -0.329 e. The van der Waals surface area contributed by atoms with E-state index in [1.165, 1.54) is 109 Å². The van der Waals surface area contributed by atoms with Gasteiger partial charge in [0, 0.05) is 24.7 Å². The maximum atomic E-state index is 2.66. The molecule has 0 bridgehead atoms. The fourth-order valence-electron chi connectivity index (χ4n) is 6.47. The van der Waals surface area contributed by atoms with E-state index >= 15 is 0 Å². The number of rotatable bonds is 16. The van der Waals surface area contributed by atoms with Gasteiger partial charge in [0.1, 0.15) is 0 Å². The molecule has 0 radical (unpaired) electrons. The first kappa shape index (κ1) is 26.7. The quantitative estimate of drug-likeness (QED) is 0.187. The fourth-order valence-corrected chi connectivity index (χ4v) is 6.47. The normalized spacial score (nSPS) is 31.1. The zero-order valence-electron chi connectivity index (χ0n) is 21.7. The number of piperidine rings is 1. The van der Waals surface area contributed by atoms with Gasteiger partial charge in [0.05, 0.1) is 18.6 Å². The van der Waals surface area contributed by atoms with Gasteiger partial charge in [-0.15, -0.1) is 0 Å². The van der Waals surface area contributed by atoms with E-state index in [2.05, 4.69) is 52.0 Å². The third-order valence-corrected chi connectivity index (χ3v) is 8.46. The lowest BCUT2D eigenvalue weighted by atomic mass is 9.70. The summed E-state index contributed by atoms with van der Waals surface area (Å²) in [5.41, 5.74) is 0. The van der Waals surface area contributed by atoms with Crippen LogP contribution in [0.25, 0.3) is 0 Å². The predicted molar refractivity (Wildman–Crippen MR) is 139 cm³/mol. The third-order valence-electron chi connectivity index (χ3n) is 8.46. The Bertz CT molecular complexity index is 493. The zero-order valence-corrected chi connectivity index (χ0v) is 21.7. The minimum atomic E-state index is 0.758. The van der Waals surface area contributed by atoms with E-state index in [0.29, 0.717) is 0 Å². The average molecular weight is 431 g/mol. The Hall–Kier alpha value is -0.560. The molecule has 2 rings (SSSR count). The van der Waals surface area contributed by atoms with Crippen molar-refractivity contribution in [2.45, 2.75) is 143 Å². The second-order valence-corrected chi connectivity index (χ2v) is 10.8. The Labute approximate surface area is 196 Å². The Kier molecular flexibility index (Phi) is 13.9. The second kappa shape index (κ2) is 16.1. The molecule has 6 atom stereocenters. The summed E-state index contributed by atoms with van der Waals surface area (Å²) in [4.78, 5) is 1.92. The summed E-state index contributed by atoms with van der Waals surface area (Å²) in [5, 5.41) is 0. The number of quaternary nitrogens is 1. The van der Waals surface area contributed by atoms with Gasteiger partial charge in [-0.25, -0.2) is 0 Å². The van der Waals surface area contributed by atoms with Crippen LogP contribution in [0.5, 0.6) is 0 Å². The van der Waals surface area contributed by atoms with Crippen molar-refractivity contribution in [3.8, 4) is 0 Å². The number of unbranched alkanes of at least 4 members (excludes halogenated alkanes) is 12. The highest BCUT2D eigenvalue weighted by Gasteiger charge is 2.48. The molecule has 2 aliphatic heterocycles. The minimum absolute atomic E-state index is 0.758. The first-order chi connectivity index (χ1) is 15.2. The zero-order chi connectivity index (χ0) is 22.3. The summed E-state index contributed by atoms with van der Waals surface area (Å²) in [6.45, 7) is 11.1. The summed E-state index contributed by atoms with van der Waals surface area (Å²) in [6.07, 6.45) is 32.8. The molecule has 1 N–H and O–H groups in total. The number of fused-ring (bicyclic) bond motifs is 1. The van der Waals surface area contributed by atoms with Crippen LogP contribution in [-0.4, -0.2) is 18.6 Å². The molecule has 0 aromatic carbocycles. The summed E-state index contributed by atoms with van der Waals surface area (Å²) >= 11 is 0. The van der Waals surface area contributed by atoms with Crippen molar-refractivity contribution in [3.05, 3.63) is 24.3 Å². The summed E-state index contributed by atoms with van der Waals surface area (Å²) in [5.74, 6) is 2.34. The molecule has 0 aliphatic carbocycles. The third kappa shape index (κ3) is 9.07. The van der Waals surface area contributed by atoms with Gasteiger partial charge in [-0.3, -0.25) is 0 Å². The van der Waals surface area contributed by atoms with Crippen molar-refractivity contribution >= 4 is 0 Å². The van der Waals surface area contributed by atoms with E-state index < -0.39 is 0 Å². The van der Waals surface area contributed by atoms with Crippen molar-refractivity contribution in [2.24, 2.45) is 17.8 Å². The van der Waals surface area contributed by atoms with Crippen LogP contribution in [-0.2, 0) is 0 Å². The smallest absolute Gasteiger partial charge is 0.0945 e. The van der Waals surface area contributed by atoms with Crippen molar-refractivity contribution in [1.82, 2.24) is 0 Å². The molecule has 0 spiro atoms. The second-order valence-electron chi connectivity index (χ2n) is 10.8. The van der Waals surface area contributed by atoms with E-state index in [0.717, 1.165) is 29.8 Å². The molecule has 6 unspecified atom stereocenters. The molecule has 0 amide bonds. The fraction of sp³-hybridized carbons (Fsp3) is 0.867. The molecule has 2 saturated heterocycles. The van der Waals surface area contributed by atoms with Gasteiger partial charge >= 0.3 is 0 Å². The molecule has 2 fully saturated rings. The van der Waals surface area contributed by atoms with E-state index in [9.17, 15) is 0 Å². The van der Waals surface area contributed by atoms with Crippen LogP contribution in [0, 0.1) is 17.8 Å². The monoisotopic (exact) mass is 430 g/mol. The first-order valence-electron chi connectivity index (χ1n) is 14.4. The van der Waals surface area contributed by atoms with E-state index in [4.69, 9.17) is 0 Å². The summed E-state index contributed by atoms with van der Waals surface area (Å²) < 4.78 is 0. The van der Waals surface area contributed by atoms with Gasteiger partial charge < -0.3 is 4.90 Å². The molecule has 0 aromatic rings. The van der Waals surface area contributed by atoms with Crippen LogP contribution in [0.4, 0.5) is 0 Å². The molecule has 31 heavy (non-hydrogen) atoms. The summed E-state index contributed by atoms with van der Waals surface area (Å²) in [6, 6.07) is 1.68. The maximum Gasteiger partial charge on any atom is 0.0945 e. The highest BCUT2D eigenvalue weighted by atomic mass is 15.2. The largest absolute Gasteiger partial charge is 0.329 e. The van der Waals surface area contributed by atoms with Crippen LogP contribution in [0.15, 0.2) is 24.3 Å². The molecule has 0 aromatic heterocycles. The topological polar surface area (TPSA) is 4.44 Å². The number of hydrogen-bond donors (Lipinski definition) is 1. The molecular formula is C30H56N+. The Morgan fingerprint density at radius 1 is 0.677 bits per heavy atom. The van der Waals surface area contributed by atoms with Crippen molar-refractivity contribution in [1.29, 1.82) is 0 Å². The van der Waals surface area contributed by atoms with Crippen LogP contribution in [0.2, 0.25) is 0 Å². The van der Waals surface area contributed by atoms with Gasteiger partial charge in [-0.05, 0) is 38.5 Å². The molecule has 0 saturated carbocycles. The van der Waals surface area contributed by atoms with E-state index in [1.807, 2.05) is 4.90 Å². The Morgan fingerprint density at radius 3 is 1.77 bits per heavy atom. The van der Waals surface area contributed by atoms with Gasteiger partial charge in [0.25, 0.3) is 0 Å². The average Bonchev–Trinajstić information content (AvgIpc) is 3.26. The Morgan fingerprint density at radius 2 is 1.19 bits per heavy atom. The van der Waals surface area contributed by atoms with Crippen molar-refractivity contribution in [2.75, 3.05) is 6.54 Å². The SMILES string of the molecule is CCCCCCCCC=CC1C(C)C(C=CCCCCCCCC)C2CCC[NH+]2C1C. The number of nitrogens with one attached hydrogen (secondary N) is 1. The van der Waals surface area contributed by atoms with Crippen LogP contribution in [0.1, 0.15) is 130 Å². The molecule has 180 valence electrons. The van der Waals surface area contributed by atoms with Crippen molar-refractivity contribution < 1.29 is 4.90 Å². The van der Waals surface area contributed by atoms with Crippen molar-refractivity contribution in [3.63, 3.8) is 0 Å². The Balaban J connectivity index is 1.80. The predicted octanol–water partition coefficient (Wildman–Crippen LogP) is 7.92. The lowest BCUT2D eigenvalue weighted by Gasteiger charge is -2.45. The molecule has 1 nitrogen and oxygen atoms in total. The standard InChI is InChI=1S/C30H55N/c1-5-7-9-11-13-15-17-19-22-28-26(3)29(30-24-21-25-31(30)27(28)4)23-20-18-16-14-12-10-8-6-2/h19-20,22-23,26-30H,5-18,21,24-25H2,1-4H3/p+1. The molecule has 2 aliphatic rings. The highest BCUT2D eigenvalue weighted by molar-refractivity contribution is 5.05. The number of allylic oxidation sites excluding steroid dienone is 2. The van der Waals surface area contributed by atoms with E-state index in [1.54, 1.807) is 0 Å². The van der Waals surface area contributed by atoms with E-state index in [-0.39, 0.29) is 0 Å². The maximum absolute atomic E-state index is 2.66. The lowest BCUT2D eigenvalue weighted by molar-refractivity contribution is -0.948. The number of hydrogen-bond acceptors (Lipinski definition) is 0. The van der Waals surface area contributed by atoms with Crippen LogP contribution < -0.4 is 4.90 Å². The van der Waals surface area contributed by atoms with Gasteiger partial charge in [0.2, 0.25) is 0 Å². The van der Waals surface area contributed by atoms with Gasteiger partial charge in [0.15, 0.2) is 0 Å². The molecular weight excluding hydrogens is 374 g/mol. The van der Waals surface area contributed by atoms with Gasteiger partial charge in [-0.1, -0.05) is 109 Å². The highest BCUT2D eigenvalue weighted by Crippen LogP contribution is 2.34. The molecule has 2 heterocycles. The van der Waals surface area contributed by atoms with Crippen LogP contribution >= 0.6 is 0 Å². The lowest BCUT2D eigenvalue weighted by Crippen LogP contribution is -3.19. The van der Waals surface area contributed by atoms with Crippen LogP contribution in [0.3, 0.4) is 0 Å². The molecule has 1 heteroatoms. The first-order valence-corrected chi connectivity index (χ1v) is 14.4. The summed E-state index contributed by atoms with van der Waals surface area (Å²) in [7, 11) is 0.